The van der Waals surface area contributed by atoms with Crippen LogP contribution >= 0.6 is 11.3 Å². The molecule has 0 saturated heterocycles. The lowest BCUT2D eigenvalue weighted by Crippen LogP contribution is -1.97. The van der Waals surface area contributed by atoms with E-state index in [0.29, 0.717) is 11.1 Å². The second-order valence-electron chi connectivity index (χ2n) is 4.85. The predicted molar refractivity (Wildman–Crippen MR) is 88.9 cm³/mol. The fraction of sp³-hybridized carbons (Fsp3) is 0.188. The van der Waals surface area contributed by atoms with Crippen molar-refractivity contribution in [3.63, 3.8) is 0 Å². The van der Waals surface area contributed by atoms with Crippen molar-refractivity contribution in [1.82, 2.24) is 15.0 Å². The summed E-state index contributed by atoms with van der Waals surface area (Å²) < 4.78 is 5.18. The van der Waals surface area contributed by atoms with Crippen LogP contribution in [-0.4, -0.2) is 22.1 Å². The minimum atomic E-state index is 0.563. The van der Waals surface area contributed by atoms with E-state index in [4.69, 9.17) is 4.74 Å². The third-order valence-electron chi connectivity index (χ3n) is 3.15. The van der Waals surface area contributed by atoms with Crippen molar-refractivity contribution in [1.29, 1.82) is 0 Å². The first-order chi connectivity index (χ1) is 10.7. The highest BCUT2D eigenvalue weighted by Crippen LogP contribution is 2.33. The fourth-order valence-electron chi connectivity index (χ4n) is 2.01. The molecule has 0 aliphatic heterocycles. The molecule has 22 heavy (non-hydrogen) atoms. The van der Waals surface area contributed by atoms with Gasteiger partial charge in [0.1, 0.15) is 0 Å². The van der Waals surface area contributed by atoms with Crippen LogP contribution in [-0.2, 0) is 0 Å². The number of benzene rings is 1. The Morgan fingerprint density at radius 2 is 1.82 bits per heavy atom. The predicted octanol–water partition coefficient (Wildman–Crippen LogP) is 3.97. The van der Waals surface area contributed by atoms with E-state index in [2.05, 4.69) is 27.2 Å². The molecule has 1 N–H and O–H groups in total. The third-order valence-corrected chi connectivity index (χ3v) is 4.29. The van der Waals surface area contributed by atoms with Crippen molar-refractivity contribution in [3.8, 4) is 15.8 Å². The molecule has 112 valence electrons. The molecule has 2 aromatic heterocycles. The van der Waals surface area contributed by atoms with E-state index < -0.39 is 0 Å². The van der Waals surface area contributed by atoms with Crippen LogP contribution in [0.15, 0.2) is 36.5 Å². The number of rotatable bonds is 4. The second-order valence-corrected chi connectivity index (χ2v) is 5.82. The van der Waals surface area contributed by atoms with Gasteiger partial charge in [-0.15, -0.1) is 0 Å². The van der Waals surface area contributed by atoms with Gasteiger partial charge >= 0.3 is 0 Å². The van der Waals surface area contributed by atoms with E-state index in [1.165, 1.54) is 16.9 Å². The zero-order valence-corrected chi connectivity index (χ0v) is 13.4. The summed E-state index contributed by atoms with van der Waals surface area (Å²) in [5.74, 6) is 0.563. The van der Waals surface area contributed by atoms with Crippen LogP contribution in [0.4, 0.5) is 11.6 Å². The third kappa shape index (κ3) is 3.07. The van der Waals surface area contributed by atoms with E-state index in [1.54, 1.807) is 13.3 Å². The number of ether oxygens (including phenoxy) is 1. The van der Waals surface area contributed by atoms with Gasteiger partial charge in [-0.25, -0.2) is 15.0 Å². The summed E-state index contributed by atoms with van der Waals surface area (Å²) >= 11 is 1.48. The summed E-state index contributed by atoms with van der Waals surface area (Å²) in [6.45, 7) is 4.00. The molecule has 3 rings (SSSR count). The van der Waals surface area contributed by atoms with E-state index in [1.807, 2.05) is 37.3 Å². The van der Waals surface area contributed by atoms with Gasteiger partial charge in [0.15, 0.2) is 0 Å². The van der Waals surface area contributed by atoms with Crippen molar-refractivity contribution in [2.75, 3.05) is 12.4 Å². The summed E-state index contributed by atoms with van der Waals surface area (Å²) in [6, 6.07) is 9.98. The average molecular weight is 312 g/mol. The molecule has 0 unspecified atom stereocenters. The van der Waals surface area contributed by atoms with E-state index in [0.717, 1.165) is 22.0 Å². The minimum absolute atomic E-state index is 0.563. The molecular weight excluding hydrogens is 296 g/mol. The maximum atomic E-state index is 5.18. The van der Waals surface area contributed by atoms with Gasteiger partial charge in [-0.3, -0.25) is 0 Å². The fourth-order valence-corrected chi connectivity index (χ4v) is 2.86. The molecule has 0 bridgehead atoms. The quantitative estimate of drug-likeness (QED) is 0.790. The summed E-state index contributed by atoms with van der Waals surface area (Å²) in [4.78, 5) is 14.2. The first-order valence-corrected chi connectivity index (χ1v) is 7.66. The molecule has 0 radical (unpaired) electrons. The lowest BCUT2D eigenvalue weighted by Gasteiger charge is -2.06. The Morgan fingerprint density at radius 3 is 2.50 bits per heavy atom. The van der Waals surface area contributed by atoms with Crippen molar-refractivity contribution in [2.45, 2.75) is 13.8 Å². The lowest BCUT2D eigenvalue weighted by atomic mass is 10.2. The summed E-state index contributed by atoms with van der Waals surface area (Å²) in [6.07, 6.45) is 1.74. The van der Waals surface area contributed by atoms with Crippen LogP contribution in [0.3, 0.4) is 0 Å². The van der Waals surface area contributed by atoms with E-state index in [-0.39, 0.29) is 0 Å². The van der Waals surface area contributed by atoms with Crippen molar-refractivity contribution < 1.29 is 4.74 Å². The van der Waals surface area contributed by atoms with Crippen LogP contribution in [0.1, 0.15) is 11.3 Å². The van der Waals surface area contributed by atoms with E-state index >= 15 is 0 Å². The maximum absolute atomic E-state index is 5.18. The van der Waals surface area contributed by atoms with Gasteiger partial charge in [0.2, 0.25) is 5.95 Å². The number of thiazole rings is 1. The number of aryl methyl sites for hydroxylation is 2. The topological polar surface area (TPSA) is 59.9 Å². The Bertz CT molecular complexity index is 783. The normalized spacial score (nSPS) is 10.5. The van der Waals surface area contributed by atoms with Gasteiger partial charge in [0, 0.05) is 11.9 Å². The van der Waals surface area contributed by atoms with Gasteiger partial charge < -0.3 is 10.1 Å². The van der Waals surface area contributed by atoms with Crippen LogP contribution in [0, 0.1) is 13.8 Å². The Hall–Kier alpha value is -2.47. The molecule has 0 aliphatic rings. The van der Waals surface area contributed by atoms with Crippen molar-refractivity contribution >= 4 is 23.0 Å². The van der Waals surface area contributed by atoms with Gasteiger partial charge in [-0.1, -0.05) is 29.0 Å². The standard InChI is InChI=1S/C16H16N4OS/c1-10-4-6-12(7-5-10)19-15-17-9-8-13(20-15)14-11(2)18-16(21-3)22-14/h4-9H,1-3H3,(H,17,19,20). The maximum Gasteiger partial charge on any atom is 0.273 e. The highest BCUT2D eigenvalue weighted by molar-refractivity contribution is 7.17. The number of methoxy groups -OCH3 is 1. The van der Waals surface area contributed by atoms with Crippen molar-refractivity contribution in [2.24, 2.45) is 0 Å². The number of nitrogens with zero attached hydrogens (tertiary/aromatic N) is 3. The van der Waals surface area contributed by atoms with E-state index in [9.17, 15) is 0 Å². The smallest absolute Gasteiger partial charge is 0.273 e. The molecule has 6 heteroatoms. The summed E-state index contributed by atoms with van der Waals surface area (Å²) in [5, 5.41) is 3.85. The number of nitrogens with one attached hydrogen (secondary N) is 1. The Labute approximate surface area is 133 Å². The molecule has 2 heterocycles. The Balaban J connectivity index is 1.88. The number of anilines is 2. The van der Waals surface area contributed by atoms with Gasteiger partial charge in [-0.05, 0) is 32.0 Å². The van der Waals surface area contributed by atoms with Crippen LogP contribution in [0.5, 0.6) is 5.19 Å². The molecule has 0 fully saturated rings. The largest absolute Gasteiger partial charge is 0.473 e. The average Bonchev–Trinajstić information content (AvgIpc) is 2.91. The first kappa shape index (κ1) is 14.5. The highest BCUT2D eigenvalue weighted by Gasteiger charge is 2.12. The van der Waals surface area contributed by atoms with Crippen LogP contribution < -0.4 is 10.1 Å². The highest BCUT2D eigenvalue weighted by atomic mass is 32.1. The zero-order chi connectivity index (χ0) is 15.5. The summed E-state index contributed by atoms with van der Waals surface area (Å²) in [5.41, 5.74) is 3.92. The molecule has 3 aromatic rings. The van der Waals surface area contributed by atoms with Crippen LogP contribution in [0.25, 0.3) is 10.6 Å². The number of aromatic nitrogens is 3. The van der Waals surface area contributed by atoms with Gasteiger partial charge in [0.05, 0.1) is 23.4 Å². The van der Waals surface area contributed by atoms with Crippen LogP contribution in [0.2, 0.25) is 0 Å². The molecule has 0 saturated carbocycles. The number of hydrogen-bond acceptors (Lipinski definition) is 6. The monoisotopic (exact) mass is 312 g/mol. The molecule has 0 spiro atoms. The van der Waals surface area contributed by atoms with Gasteiger partial charge in [0.25, 0.3) is 5.19 Å². The number of hydrogen-bond donors (Lipinski definition) is 1. The first-order valence-electron chi connectivity index (χ1n) is 6.84. The Kier molecular flexibility index (Phi) is 4.02. The zero-order valence-electron chi connectivity index (χ0n) is 12.6. The van der Waals surface area contributed by atoms with Crippen molar-refractivity contribution in [3.05, 3.63) is 47.8 Å². The SMILES string of the molecule is COc1nc(C)c(-c2ccnc(Nc3ccc(C)cc3)n2)s1. The molecular formula is C16H16N4OS. The summed E-state index contributed by atoms with van der Waals surface area (Å²) in [7, 11) is 1.62. The molecule has 5 nitrogen and oxygen atoms in total. The lowest BCUT2D eigenvalue weighted by molar-refractivity contribution is 0.411. The Morgan fingerprint density at radius 1 is 1.05 bits per heavy atom. The molecule has 0 atom stereocenters. The second kappa shape index (κ2) is 6.11. The minimum Gasteiger partial charge on any atom is -0.473 e. The molecule has 0 aliphatic carbocycles. The molecule has 1 aromatic carbocycles. The molecule has 0 amide bonds. The van der Waals surface area contributed by atoms with Gasteiger partial charge in [-0.2, -0.15) is 0 Å².